The standard InChI is InChI=1S/C22H18N2O2/c25-22(21-12-6-7-13-24(21)26)14-18(16-8-2-1-3-9-16)19-15-23-20-11-5-4-10-17(19)20/h1-13,15,18,23H,14H2/t18-/m1/s1. The van der Waals surface area contributed by atoms with Crippen LogP contribution in [0.1, 0.15) is 34.0 Å². The van der Waals surface area contributed by atoms with Crippen LogP contribution in [-0.2, 0) is 0 Å². The first-order valence-electron chi connectivity index (χ1n) is 8.56. The van der Waals surface area contributed by atoms with Gasteiger partial charge in [0.15, 0.2) is 6.20 Å². The van der Waals surface area contributed by atoms with Gasteiger partial charge in [-0.15, -0.1) is 0 Å². The van der Waals surface area contributed by atoms with E-state index >= 15 is 0 Å². The first-order chi connectivity index (χ1) is 12.7. The van der Waals surface area contributed by atoms with Gasteiger partial charge >= 0.3 is 0 Å². The summed E-state index contributed by atoms with van der Waals surface area (Å²) in [6.07, 6.45) is 3.56. The van der Waals surface area contributed by atoms with Crippen LogP contribution < -0.4 is 4.73 Å². The average Bonchev–Trinajstić information content (AvgIpc) is 3.11. The minimum Gasteiger partial charge on any atom is -0.618 e. The summed E-state index contributed by atoms with van der Waals surface area (Å²) in [4.78, 5) is 16.1. The molecule has 4 rings (SSSR count). The number of ketones is 1. The number of benzene rings is 2. The van der Waals surface area contributed by atoms with Crippen LogP contribution in [0.25, 0.3) is 10.9 Å². The van der Waals surface area contributed by atoms with Gasteiger partial charge in [-0.3, -0.25) is 4.79 Å². The summed E-state index contributed by atoms with van der Waals surface area (Å²) in [6, 6.07) is 22.9. The van der Waals surface area contributed by atoms with Crippen molar-refractivity contribution in [3.05, 3.63) is 107 Å². The second-order valence-corrected chi connectivity index (χ2v) is 6.29. The Morgan fingerprint density at radius 2 is 1.69 bits per heavy atom. The fraction of sp³-hybridized carbons (Fsp3) is 0.0909. The lowest BCUT2D eigenvalue weighted by Crippen LogP contribution is -2.34. The van der Waals surface area contributed by atoms with Crippen molar-refractivity contribution in [2.75, 3.05) is 0 Å². The molecule has 0 aliphatic rings. The van der Waals surface area contributed by atoms with E-state index in [-0.39, 0.29) is 23.8 Å². The van der Waals surface area contributed by atoms with Gasteiger partial charge in [-0.05, 0) is 23.3 Å². The van der Waals surface area contributed by atoms with Crippen LogP contribution >= 0.6 is 0 Å². The van der Waals surface area contributed by atoms with E-state index < -0.39 is 0 Å². The molecular weight excluding hydrogens is 324 g/mol. The third-order valence-corrected chi connectivity index (χ3v) is 4.70. The maximum atomic E-state index is 12.8. The molecule has 0 unspecified atom stereocenters. The number of hydrogen-bond donors (Lipinski definition) is 1. The molecule has 1 N–H and O–H groups in total. The van der Waals surface area contributed by atoms with Crippen molar-refractivity contribution in [3.63, 3.8) is 0 Å². The molecule has 0 radical (unpaired) electrons. The molecule has 0 fully saturated rings. The Morgan fingerprint density at radius 1 is 0.962 bits per heavy atom. The molecule has 2 aromatic carbocycles. The molecule has 2 heterocycles. The van der Waals surface area contributed by atoms with Gasteiger partial charge in [0.25, 0.3) is 5.69 Å². The molecule has 1 atom stereocenters. The zero-order valence-electron chi connectivity index (χ0n) is 14.1. The molecule has 0 amide bonds. The fourth-order valence-corrected chi connectivity index (χ4v) is 3.41. The van der Waals surface area contributed by atoms with Crippen molar-refractivity contribution < 1.29 is 9.52 Å². The number of hydrogen-bond acceptors (Lipinski definition) is 2. The van der Waals surface area contributed by atoms with Crippen LogP contribution in [0, 0.1) is 5.21 Å². The number of Topliss-reactive ketones (excluding diaryl/α,β-unsaturated/α-hetero) is 1. The Labute approximate surface area is 151 Å². The number of H-pyrrole nitrogens is 1. The zero-order chi connectivity index (χ0) is 17.9. The molecule has 0 bridgehead atoms. The van der Waals surface area contributed by atoms with E-state index in [1.54, 1.807) is 18.2 Å². The van der Waals surface area contributed by atoms with E-state index in [1.165, 1.54) is 6.20 Å². The van der Waals surface area contributed by atoms with Crippen LogP contribution in [0.4, 0.5) is 0 Å². The van der Waals surface area contributed by atoms with E-state index in [0.717, 1.165) is 22.0 Å². The first-order valence-corrected chi connectivity index (χ1v) is 8.56. The highest BCUT2D eigenvalue weighted by atomic mass is 16.5. The summed E-state index contributed by atoms with van der Waals surface area (Å²) < 4.78 is 0.639. The smallest absolute Gasteiger partial charge is 0.259 e. The molecule has 2 aromatic heterocycles. The molecule has 128 valence electrons. The maximum absolute atomic E-state index is 12.8. The molecule has 4 heteroatoms. The van der Waals surface area contributed by atoms with Crippen LogP contribution in [0.15, 0.2) is 85.2 Å². The number of nitrogens with zero attached hydrogens (tertiary/aromatic N) is 1. The predicted octanol–water partition coefficient (Wildman–Crippen LogP) is 4.21. The monoisotopic (exact) mass is 342 g/mol. The topological polar surface area (TPSA) is 59.8 Å². The number of aromatic amines is 1. The highest BCUT2D eigenvalue weighted by molar-refractivity contribution is 5.94. The Balaban J connectivity index is 1.77. The SMILES string of the molecule is O=C(C[C@H](c1ccccc1)c1c[nH]c2ccccc12)c1cccc[n+]1[O-]. The number of fused-ring (bicyclic) bond motifs is 1. The lowest BCUT2D eigenvalue weighted by Gasteiger charge is -2.16. The zero-order valence-corrected chi connectivity index (χ0v) is 14.1. The number of carbonyl (C=O) groups excluding carboxylic acids is 1. The molecule has 4 aromatic rings. The normalized spacial score (nSPS) is 12.2. The lowest BCUT2D eigenvalue weighted by atomic mass is 9.86. The van der Waals surface area contributed by atoms with Crippen molar-refractivity contribution in [3.8, 4) is 0 Å². The van der Waals surface area contributed by atoms with Crippen LogP contribution in [-0.4, -0.2) is 10.8 Å². The lowest BCUT2D eigenvalue weighted by molar-refractivity contribution is -0.607. The molecular formula is C22H18N2O2. The van der Waals surface area contributed by atoms with Crippen LogP contribution in [0.5, 0.6) is 0 Å². The number of carbonyl (C=O) groups is 1. The van der Waals surface area contributed by atoms with Gasteiger partial charge in [-0.1, -0.05) is 48.5 Å². The van der Waals surface area contributed by atoms with Gasteiger partial charge < -0.3 is 10.2 Å². The Bertz CT molecular complexity index is 1050. The minimum atomic E-state index is -0.167. The number of pyridine rings is 1. The molecule has 26 heavy (non-hydrogen) atoms. The average molecular weight is 342 g/mol. The summed E-state index contributed by atoms with van der Waals surface area (Å²) in [6.45, 7) is 0. The molecule has 0 aliphatic heterocycles. The van der Waals surface area contributed by atoms with Crippen molar-refractivity contribution in [2.24, 2.45) is 0 Å². The Kier molecular flexibility index (Phi) is 4.23. The summed E-state index contributed by atoms with van der Waals surface area (Å²) in [5, 5.41) is 13.1. The highest BCUT2D eigenvalue weighted by Gasteiger charge is 2.25. The van der Waals surface area contributed by atoms with Crippen LogP contribution in [0.2, 0.25) is 0 Å². The first kappa shape index (κ1) is 16.1. The van der Waals surface area contributed by atoms with Gasteiger partial charge in [0, 0.05) is 41.6 Å². The predicted molar refractivity (Wildman–Crippen MR) is 101 cm³/mol. The highest BCUT2D eigenvalue weighted by Crippen LogP contribution is 2.34. The van der Waals surface area contributed by atoms with Crippen molar-refractivity contribution in [1.82, 2.24) is 4.98 Å². The second-order valence-electron chi connectivity index (χ2n) is 6.29. The van der Waals surface area contributed by atoms with Crippen molar-refractivity contribution >= 4 is 16.7 Å². The van der Waals surface area contributed by atoms with Gasteiger partial charge in [-0.25, -0.2) is 0 Å². The van der Waals surface area contributed by atoms with E-state index in [4.69, 9.17) is 0 Å². The molecule has 0 saturated heterocycles. The van der Waals surface area contributed by atoms with Gasteiger partial charge in [0.05, 0.1) is 0 Å². The Morgan fingerprint density at radius 3 is 2.50 bits per heavy atom. The van der Waals surface area contributed by atoms with Crippen LogP contribution in [0.3, 0.4) is 0 Å². The van der Waals surface area contributed by atoms with Gasteiger partial charge in [0.1, 0.15) is 0 Å². The summed E-state index contributed by atoms with van der Waals surface area (Å²) in [5.41, 5.74) is 3.33. The summed E-state index contributed by atoms with van der Waals surface area (Å²) in [5.74, 6) is -0.292. The van der Waals surface area contributed by atoms with E-state index in [9.17, 15) is 10.0 Å². The van der Waals surface area contributed by atoms with Crippen molar-refractivity contribution in [1.29, 1.82) is 0 Å². The number of rotatable bonds is 5. The number of para-hydroxylation sites is 1. The largest absolute Gasteiger partial charge is 0.618 e. The molecule has 4 nitrogen and oxygen atoms in total. The van der Waals surface area contributed by atoms with E-state index in [1.807, 2.05) is 54.7 Å². The molecule has 0 spiro atoms. The van der Waals surface area contributed by atoms with Gasteiger partial charge in [-0.2, -0.15) is 4.73 Å². The number of nitrogens with one attached hydrogen (secondary N) is 1. The maximum Gasteiger partial charge on any atom is 0.259 e. The minimum absolute atomic E-state index is 0.125. The van der Waals surface area contributed by atoms with Gasteiger partial charge in [0.2, 0.25) is 5.78 Å². The quantitative estimate of drug-likeness (QED) is 0.335. The van der Waals surface area contributed by atoms with E-state index in [0.29, 0.717) is 4.73 Å². The summed E-state index contributed by atoms with van der Waals surface area (Å²) >= 11 is 0. The van der Waals surface area contributed by atoms with E-state index in [2.05, 4.69) is 11.1 Å². The molecule has 0 aliphatic carbocycles. The molecule has 0 saturated carbocycles. The number of aromatic nitrogens is 2. The Hall–Kier alpha value is -3.40. The third-order valence-electron chi connectivity index (χ3n) is 4.70. The van der Waals surface area contributed by atoms with Crippen molar-refractivity contribution in [2.45, 2.75) is 12.3 Å². The summed E-state index contributed by atoms with van der Waals surface area (Å²) in [7, 11) is 0. The third kappa shape index (κ3) is 2.97. The fourth-order valence-electron chi connectivity index (χ4n) is 3.41. The second kappa shape index (κ2) is 6.84.